The SMILES string of the molecule is Cc1cc(C)c(N(C)C(=O)c2cc(Cl)c3c(c2C)OC(C)(C2CCC(NC(=O)O)CC2)O3)c(=O)[nH]1. The Labute approximate surface area is 208 Å². The summed E-state index contributed by atoms with van der Waals surface area (Å²) in [4.78, 5) is 41.0. The number of H-pyrrole nitrogens is 1. The summed E-state index contributed by atoms with van der Waals surface area (Å²) < 4.78 is 12.5. The molecule has 9 nitrogen and oxygen atoms in total. The monoisotopic (exact) mass is 503 g/mol. The van der Waals surface area contributed by atoms with Crippen LogP contribution in [0.4, 0.5) is 10.5 Å². The van der Waals surface area contributed by atoms with Crippen LogP contribution in [0.2, 0.25) is 5.02 Å². The summed E-state index contributed by atoms with van der Waals surface area (Å²) in [7, 11) is 1.56. The molecule has 10 heteroatoms. The minimum Gasteiger partial charge on any atom is -0.465 e. The van der Waals surface area contributed by atoms with Gasteiger partial charge in [-0.2, -0.15) is 0 Å². The lowest BCUT2D eigenvalue weighted by atomic mass is 9.81. The fourth-order valence-electron chi connectivity index (χ4n) is 5.22. The molecule has 1 aromatic carbocycles. The Bertz CT molecular complexity index is 1250. The summed E-state index contributed by atoms with van der Waals surface area (Å²) in [5.74, 6) is -0.545. The summed E-state index contributed by atoms with van der Waals surface area (Å²) >= 11 is 6.55. The molecule has 2 amide bonds. The average Bonchev–Trinajstić information content (AvgIpc) is 3.15. The van der Waals surface area contributed by atoms with Gasteiger partial charge in [0.1, 0.15) is 5.69 Å². The van der Waals surface area contributed by atoms with Gasteiger partial charge in [-0.05, 0) is 64.2 Å². The van der Waals surface area contributed by atoms with Crippen LogP contribution in [0.1, 0.15) is 59.8 Å². The van der Waals surface area contributed by atoms with Gasteiger partial charge in [-0.25, -0.2) is 4.79 Å². The van der Waals surface area contributed by atoms with Crippen LogP contribution < -0.4 is 25.2 Å². The van der Waals surface area contributed by atoms with Crippen molar-refractivity contribution in [1.29, 1.82) is 0 Å². The van der Waals surface area contributed by atoms with E-state index in [2.05, 4.69) is 10.3 Å². The number of pyridine rings is 1. The Kier molecular flexibility index (Phi) is 6.48. The number of rotatable bonds is 4. The second-order valence-electron chi connectivity index (χ2n) is 9.58. The van der Waals surface area contributed by atoms with Crippen LogP contribution in [0.3, 0.4) is 0 Å². The number of hydrogen-bond donors (Lipinski definition) is 3. The molecule has 3 N–H and O–H groups in total. The molecule has 1 saturated carbocycles. The van der Waals surface area contributed by atoms with E-state index in [0.717, 1.165) is 12.8 Å². The Morgan fingerprint density at radius 3 is 2.37 bits per heavy atom. The standard InChI is InChI=1S/C25H30ClN3O6/c1-12-10-13(2)27-22(30)19(12)29(5)23(31)17-11-18(26)21-20(14(17)3)34-25(4,35-21)15-6-8-16(9-7-15)28-24(32)33/h10-11,15-16,28H,6-9H2,1-5H3,(H,27,30)(H,32,33). The Hall–Kier alpha value is -3.20. The van der Waals surface area contributed by atoms with E-state index in [9.17, 15) is 14.4 Å². The Balaban J connectivity index is 1.59. The predicted octanol–water partition coefficient (Wildman–Crippen LogP) is 4.54. The van der Waals surface area contributed by atoms with E-state index in [1.165, 1.54) is 4.90 Å². The third-order valence-corrected chi connectivity index (χ3v) is 7.33. The maximum Gasteiger partial charge on any atom is 0.404 e. The number of carbonyl (C=O) groups is 2. The highest BCUT2D eigenvalue weighted by Crippen LogP contribution is 2.51. The van der Waals surface area contributed by atoms with Crippen LogP contribution in [-0.4, -0.2) is 41.0 Å². The molecule has 2 aromatic rings. The van der Waals surface area contributed by atoms with Gasteiger partial charge in [0.25, 0.3) is 17.3 Å². The zero-order valence-electron chi connectivity index (χ0n) is 20.5. The van der Waals surface area contributed by atoms with E-state index in [1.807, 2.05) is 13.0 Å². The van der Waals surface area contributed by atoms with Crippen LogP contribution in [0, 0.1) is 26.7 Å². The molecule has 0 bridgehead atoms. The first-order chi connectivity index (χ1) is 16.4. The van der Waals surface area contributed by atoms with Gasteiger partial charge in [0.15, 0.2) is 11.5 Å². The first-order valence-electron chi connectivity index (χ1n) is 11.6. The number of aromatic amines is 1. The largest absolute Gasteiger partial charge is 0.465 e. The number of ether oxygens (including phenoxy) is 2. The van der Waals surface area contributed by atoms with E-state index in [-0.39, 0.29) is 34.1 Å². The number of carboxylic acid groups (broad SMARTS) is 1. The van der Waals surface area contributed by atoms with Crippen molar-refractivity contribution < 1.29 is 24.2 Å². The molecule has 2 aliphatic rings. The predicted molar refractivity (Wildman–Crippen MR) is 132 cm³/mol. The number of fused-ring (bicyclic) bond motifs is 1. The van der Waals surface area contributed by atoms with Crippen LogP contribution in [0.25, 0.3) is 0 Å². The van der Waals surface area contributed by atoms with Crippen molar-refractivity contribution in [2.45, 2.75) is 65.2 Å². The molecule has 35 heavy (non-hydrogen) atoms. The van der Waals surface area contributed by atoms with Crippen LogP contribution >= 0.6 is 11.6 Å². The fourth-order valence-corrected chi connectivity index (χ4v) is 5.45. The van der Waals surface area contributed by atoms with Gasteiger partial charge in [0.2, 0.25) is 0 Å². The van der Waals surface area contributed by atoms with Crippen LogP contribution in [0.5, 0.6) is 11.5 Å². The summed E-state index contributed by atoms with van der Waals surface area (Å²) in [6.45, 7) is 7.19. The number of nitrogens with zero attached hydrogens (tertiary/aromatic N) is 1. The van der Waals surface area contributed by atoms with Crippen LogP contribution in [-0.2, 0) is 0 Å². The number of amides is 2. The number of halogens is 1. The van der Waals surface area contributed by atoms with Crippen molar-refractivity contribution in [1.82, 2.24) is 10.3 Å². The van der Waals surface area contributed by atoms with Crippen LogP contribution in [0.15, 0.2) is 16.9 Å². The number of nitrogens with one attached hydrogen (secondary N) is 2. The van der Waals surface area contributed by atoms with Gasteiger partial charge < -0.3 is 29.8 Å². The van der Waals surface area contributed by atoms with E-state index < -0.39 is 11.9 Å². The molecule has 0 radical (unpaired) electrons. The second kappa shape index (κ2) is 9.11. The zero-order chi connectivity index (χ0) is 25.7. The fraction of sp³-hybridized carbons (Fsp3) is 0.480. The Morgan fingerprint density at radius 2 is 1.77 bits per heavy atom. The number of aromatic nitrogens is 1. The molecule has 1 unspecified atom stereocenters. The van der Waals surface area contributed by atoms with Gasteiger partial charge in [-0.15, -0.1) is 0 Å². The summed E-state index contributed by atoms with van der Waals surface area (Å²) in [5, 5.41) is 11.8. The molecule has 1 atom stereocenters. The molecule has 1 aromatic heterocycles. The van der Waals surface area contributed by atoms with E-state index in [0.29, 0.717) is 46.7 Å². The third-order valence-electron chi connectivity index (χ3n) is 7.05. The molecule has 2 heterocycles. The van der Waals surface area contributed by atoms with E-state index in [4.69, 9.17) is 26.2 Å². The molecule has 188 valence electrons. The second-order valence-corrected chi connectivity index (χ2v) is 9.99. The lowest BCUT2D eigenvalue weighted by Crippen LogP contribution is -2.47. The van der Waals surface area contributed by atoms with Crippen molar-refractivity contribution in [3.05, 3.63) is 49.9 Å². The van der Waals surface area contributed by atoms with Crippen molar-refractivity contribution in [3.63, 3.8) is 0 Å². The summed E-state index contributed by atoms with van der Waals surface area (Å²) in [6, 6.07) is 3.27. The van der Waals surface area contributed by atoms with Crippen molar-refractivity contribution in [2.24, 2.45) is 5.92 Å². The molecule has 0 spiro atoms. The Morgan fingerprint density at radius 1 is 1.14 bits per heavy atom. The number of hydrogen-bond acceptors (Lipinski definition) is 5. The first-order valence-corrected chi connectivity index (χ1v) is 12.0. The maximum atomic E-state index is 13.5. The molecule has 1 fully saturated rings. The highest BCUT2D eigenvalue weighted by molar-refractivity contribution is 6.33. The quantitative estimate of drug-likeness (QED) is 0.563. The molecule has 1 aliphatic heterocycles. The van der Waals surface area contributed by atoms with Gasteiger partial charge in [0.05, 0.1) is 5.02 Å². The summed E-state index contributed by atoms with van der Waals surface area (Å²) in [5.41, 5.74) is 2.22. The lowest BCUT2D eigenvalue weighted by molar-refractivity contribution is -0.121. The van der Waals surface area contributed by atoms with Crippen molar-refractivity contribution >= 4 is 29.3 Å². The molecular formula is C25H30ClN3O6. The highest BCUT2D eigenvalue weighted by Gasteiger charge is 2.47. The van der Waals surface area contributed by atoms with Gasteiger partial charge in [-0.3, -0.25) is 9.59 Å². The smallest absolute Gasteiger partial charge is 0.404 e. The molecular weight excluding hydrogens is 474 g/mol. The van der Waals surface area contributed by atoms with Gasteiger partial charge in [0, 0.05) is 42.8 Å². The normalized spacial score (nSPS) is 23.1. The average molecular weight is 504 g/mol. The number of benzene rings is 1. The topological polar surface area (TPSA) is 121 Å². The first kappa shape index (κ1) is 24.9. The third kappa shape index (κ3) is 4.57. The van der Waals surface area contributed by atoms with E-state index >= 15 is 0 Å². The number of aryl methyl sites for hydroxylation is 2. The maximum absolute atomic E-state index is 13.5. The minimum atomic E-state index is -1.02. The van der Waals surface area contributed by atoms with E-state index in [1.54, 1.807) is 33.9 Å². The number of carbonyl (C=O) groups excluding carboxylic acids is 1. The van der Waals surface area contributed by atoms with Gasteiger partial charge in [-0.1, -0.05) is 11.6 Å². The minimum absolute atomic E-state index is 0.0211. The van der Waals surface area contributed by atoms with Crippen molar-refractivity contribution in [3.8, 4) is 11.5 Å². The van der Waals surface area contributed by atoms with Gasteiger partial charge >= 0.3 is 6.09 Å². The summed E-state index contributed by atoms with van der Waals surface area (Å²) in [6.07, 6.45) is 1.78. The zero-order valence-corrected chi connectivity index (χ0v) is 21.2. The lowest BCUT2D eigenvalue weighted by Gasteiger charge is -2.37. The number of anilines is 1. The molecule has 0 saturated heterocycles. The highest BCUT2D eigenvalue weighted by atomic mass is 35.5. The van der Waals surface area contributed by atoms with Crippen molar-refractivity contribution in [2.75, 3.05) is 11.9 Å². The molecule has 4 rings (SSSR count). The molecule has 1 aliphatic carbocycles.